The summed E-state index contributed by atoms with van der Waals surface area (Å²) in [5, 5.41) is 1.39. The van der Waals surface area contributed by atoms with Crippen molar-refractivity contribution in [1.29, 1.82) is 0 Å². The van der Waals surface area contributed by atoms with E-state index in [0.29, 0.717) is 0 Å². The van der Waals surface area contributed by atoms with E-state index in [9.17, 15) is 0 Å². The Morgan fingerprint density at radius 2 is 2.00 bits per heavy atom. The normalized spacial score (nSPS) is 9.80. The summed E-state index contributed by atoms with van der Waals surface area (Å²) in [6.45, 7) is 2.25. The summed E-state index contributed by atoms with van der Waals surface area (Å²) < 4.78 is 5.41. The van der Waals surface area contributed by atoms with Crippen LogP contribution in [0.4, 0.5) is 0 Å². The van der Waals surface area contributed by atoms with Crippen molar-refractivity contribution in [2.75, 3.05) is 0 Å². The van der Waals surface area contributed by atoms with Gasteiger partial charge in [-0.3, -0.25) is 0 Å². The minimum absolute atomic E-state index is 0.662. The Kier molecular flexibility index (Phi) is 8.96. The van der Waals surface area contributed by atoms with Crippen LogP contribution < -0.4 is 0 Å². The smallest absolute Gasteiger partial charge is 0.426 e. The van der Waals surface area contributed by atoms with Gasteiger partial charge in [-0.15, -0.1) is 0 Å². The minimum atomic E-state index is -0.662. The Morgan fingerprint density at radius 1 is 1.30 bits per heavy atom. The summed E-state index contributed by atoms with van der Waals surface area (Å²) in [6, 6.07) is 0. The Morgan fingerprint density at radius 3 is 2.50 bits per heavy atom. The van der Waals surface area contributed by atoms with Crippen molar-refractivity contribution in [2.24, 2.45) is 0 Å². The number of hydrogen-bond acceptors (Lipinski definition) is 1. The van der Waals surface area contributed by atoms with Crippen molar-refractivity contribution >= 4 is 31.1 Å². The third-order valence-electron chi connectivity index (χ3n) is 1.87. The Bertz CT molecular complexity index is 68.6. The molecule has 0 saturated heterocycles. The SMILES string of the molecule is CCCCC[CH2][Al]([CH3])[O][AlH2]. The van der Waals surface area contributed by atoms with E-state index in [2.05, 4.69) is 12.7 Å². The molecular formula is C7H18Al2O. The number of hydrogen-bond donors (Lipinski definition) is 0. The molecular weight excluding hydrogens is 154 g/mol. The van der Waals surface area contributed by atoms with Crippen LogP contribution in [-0.4, -0.2) is 31.1 Å². The first-order chi connectivity index (χ1) is 4.81. The molecule has 10 heavy (non-hydrogen) atoms. The average molecular weight is 172 g/mol. The molecule has 0 N–H and O–H groups in total. The highest BCUT2D eigenvalue weighted by molar-refractivity contribution is 6.54. The molecule has 0 bridgehead atoms. The van der Waals surface area contributed by atoms with Gasteiger partial charge in [-0.25, -0.2) is 0 Å². The first-order valence-corrected chi connectivity index (χ1v) is 7.60. The van der Waals surface area contributed by atoms with Gasteiger partial charge in [-0.05, 0) is 0 Å². The third-order valence-corrected chi connectivity index (χ3v) is 6.31. The number of unbranched alkanes of at least 4 members (excludes halogenated alkanes) is 3. The molecule has 0 rings (SSSR count). The molecule has 0 fully saturated rings. The van der Waals surface area contributed by atoms with Gasteiger partial charge in [0, 0.05) is 0 Å². The highest BCUT2D eigenvalue weighted by atomic mass is 27.2. The standard InChI is InChI=1S/C6H13.CH3.2Al.O.2H/c1-3-5-6-4-2;;;;;;/h1,3-6H2,2H3;1H3;;;;;. The fourth-order valence-corrected chi connectivity index (χ4v) is 2.78. The lowest BCUT2D eigenvalue weighted by Crippen LogP contribution is -2.09. The maximum absolute atomic E-state index is 5.41. The predicted octanol–water partition coefficient (Wildman–Crippen LogP) is 1.75. The highest BCUT2D eigenvalue weighted by Crippen LogP contribution is 2.05. The van der Waals surface area contributed by atoms with Gasteiger partial charge in [0.05, 0.1) is 0 Å². The summed E-state index contributed by atoms with van der Waals surface area (Å²) in [5.41, 5.74) is 0. The van der Waals surface area contributed by atoms with Gasteiger partial charge in [-0.2, -0.15) is 0 Å². The van der Waals surface area contributed by atoms with Gasteiger partial charge in [0.25, 0.3) is 0 Å². The fourth-order valence-electron chi connectivity index (χ4n) is 0.976. The van der Waals surface area contributed by atoms with Crippen LogP contribution in [0.3, 0.4) is 0 Å². The Balaban J connectivity index is 2.89. The molecule has 0 radical (unpaired) electrons. The van der Waals surface area contributed by atoms with Crippen LogP contribution >= 0.6 is 0 Å². The maximum atomic E-state index is 5.41. The minimum Gasteiger partial charge on any atom is -0.642 e. The predicted molar refractivity (Wildman–Crippen MR) is 50.2 cm³/mol. The molecule has 0 amide bonds. The summed E-state index contributed by atoms with van der Waals surface area (Å²) in [6.07, 6.45) is 5.57. The van der Waals surface area contributed by atoms with E-state index in [0.717, 1.165) is 16.6 Å². The first kappa shape index (κ1) is 11.0. The van der Waals surface area contributed by atoms with Gasteiger partial charge in [0.15, 0.2) is 0 Å². The molecule has 0 atom stereocenters. The molecule has 0 aromatic rings. The molecule has 0 aliphatic heterocycles. The molecule has 0 saturated carbocycles. The van der Waals surface area contributed by atoms with Crippen LogP contribution in [0, 0.1) is 0 Å². The van der Waals surface area contributed by atoms with Gasteiger partial charge >= 0.3 is 31.1 Å². The zero-order valence-electron chi connectivity index (χ0n) is 7.52. The van der Waals surface area contributed by atoms with Gasteiger partial charge < -0.3 is 2.84 Å². The van der Waals surface area contributed by atoms with E-state index in [1.54, 1.807) is 0 Å². The van der Waals surface area contributed by atoms with Gasteiger partial charge in [0.1, 0.15) is 0 Å². The quantitative estimate of drug-likeness (QED) is 0.438. The molecule has 0 aromatic carbocycles. The van der Waals surface area contributed by atoms with Crippen LogP contribution in [-0.2, 0) is 2.84 Å². The fraction of sp³-hybridized carbons (Fsp3) is 1.00. The van der Waals surface area contributed by atoms with E-state index in [4.69, 9.17) is 2.84 Å². The molecule has 0 unspecified atom stereocenters. The lowest BCUT2D eigenvalue weighted by atomic mass is 10.2. The van der Waals surface area contributed by atoms with Crippen molar-refractivity contribution in [3.63, 3.8) is 0 Å². The summed E-state index contributed by atoms with van der Waals surface area (Å²) in [5.74, 6) is 2.30. The first-order valence-electron chi connectivity index (χ1n) is 4.34. The number of rotatable bonds is 6. The van der Waals surface area contributed by atoms with Crippen LogP contribution in [0.1, 0.15) is 32.6 Å². The molecule has 58 valence electrons. The van der Waals surface area contributed by atoms with Crippen LogP contribution in [0.15, 0.2) is 0 Å². The zero-order valence-corrected chi connectivity index (χ0v) is 10.7. The average Bonchev–Trinajstić information content (AvgIpc) is 1.98. The highest BCUT2D eigenvalue weighted by Gasteiger charge is 2.07. The van der Waals surface area contributed by atoms with Crippen LogP contribution in [0.25, 0.3) is 0 Å². The van der Waals surface area contributed by atoms with E-state index in [1.165, 1.54) is 31.0 Å². The van der Waals surface area contributed by atoms with Crippen molar-refractivity contribution in [3.05, 3.63) is 0 Å². The van der Waals surface area contributed by atoms with Crippen LogP contribution in [0.5, 0.6) is 0 Å². The van der Waals surface area contributed by atoms with E-state index in [-0.39, 0.29) is 0 Å². The molecule has 0 spiro atoms. The molecule has 1 nitrogen and oxygen atoms in total. The largest absolute Gasteiger partial charge is 0.642 e. The zero-order chi connectivity index (χ0) is 7.82. The summed E-state index contributed by atoms with van der Waals surface area (Å²) in [7, 11) is 0. The van der Waals surface area contributed by atoms with E-state index >= 15 is 0 Å². The van der Waals surface area contributed by atoms with Crippen molar-refractivity contribution in [2.45, 2.75) is 43.7 Å². The van der Waals surface area contributed by atoms with Crippen molar-refractivity contribution < 1.29 is 2.84 Å². The van der Waals surface area contributed by atoms with E-state index in [1.807, 2.05) is 0 Å². The third kappa shape index (κ3) is 7.14. The van der Waals surface area contributed by atoms with Gasteiger partial charge in [0.2, 0.25) is 0 Å². The van der Waals surface area contributed by atoms with Crippen molar-refractivity contribution in [1.82, 2.24) is 0 Å². The second-order valence-corrected chi connectivity index (χ2v) is 6.98. The second kappa shape index (κ2) is 8.12. The topological polar surface area (TPSA) is 9.23 Å². The molecule has 0 heterocycles. The molecule has 0 aromatic heterocycles. The lowest BCUT2D eigenvalue weighted by Gasteiger charge is -2.03. The Labute approximate surface area is 77.6 Å². The lowest BCUT2D eigenvalue weighted by molar-refractivity contribution is 0.616. The Hall–Kier alpha value is 1.02. The van der Waals surface area contributed by atoms with Crippen LogP contribution in [0.2, 0.25) is 11.1 Å². The molecule has 3 heteroatoms. The van der Waals surface area contributed by atoms with Gasteiger partial charge in [-0.1, -0.05) is 43.7 Å². The summed E-state index contributed by atoms with van der Waals surface area (Å²) in [4.78, 5) is 0. The molecule has 0 aliphatic carbocycles. The monoisotopic (exact) mass is 172 g/mol. The molecule has 0 aliphatic rings. The van der Waals surface area contributed by atoms with Crippen molar-refractivity contribution in [3.8, 4) is 0 Å². The summed E-state index contributed by atoms with van der Waals surface area (Å²) >= 11 is 0.292. The van der Waals surface area contributed by atoms with E-state index < -0.39 is 14.5 Å². The maximum Gasteiger partial charge on any atom is 0.426 e. The second-order valence-electron chi connectivity index (χ2n) is 2.90.